The number of amides is 1. The molecule has 7 heteroatoms. The summed E-state index contributed by atoms with van der Waals surface area (Å²) < 4.78 is 32.3. The van der Waals surface area contributed by atoms with Crippen LogP contribution in [0.25, 0.3) is 0 Å². The van der Waals surface area contributed by atoms with Gasteiger partial charge < -0.3 is 9.53 Å². The Bertz CT molecular complexity index is 840. The molecule has 2 atom stereocenters. The van der Waals surface area contributed by atoms with E-state index in [0.717, 1.165) is 9.87 Å². The van der Waals surface area contributed by atoms with Gasteiger partial charge >= 0.3 is 6.09 Å². The number of carbonyl (C=O) groups is 2. The minimum atomic E-state index is -4.18. The summed E-state index contributed by atoms with van der Waals surface area (Å²) in [6, 6.07) is 6.18. The summed E-state index contributed by atoms with van der Waals surface area (Å²) in [5.41, 5.74) is -1.16. The highest BCUT2D eigenvalue weighted by Crippen LogP contribution is 2.59. The summed E-state index contributed by atoms with van der Waals surface area (Å²) in [4.78, 5) is 24.0. The van der Waals surface area contributed by atoms with Crippen LogP contribution in [0.1, 0.15) is 25.8 Å². The Morgan fingerprint density at radius 3 is 2.38 bits per heavy atom. The van der Waals surface area contributed by atoms with Crippen LogP contribution in [0.2, 0.25) is 0 Å². The first-order valence-electron chi connectivity index (χ1n) is 7.57. The fourth-order valence-electron chi connectivity index (χ4n) is 3.84. The van der Waals surface area contributed by atoms with E-state index in [1.807, 2.05) is 6.92 Å². The number of benzene rings is 1. The first-order valence-corrected chi connectivity index (χ1v) is 9.01. The number of aldehydes is 1. The van der Waals surface area contributed by atoms with Crippen LogP contribution in [-0.2, 0) is 19.6 Å². The van der Waals surface area contributed by atoms with Gasteiger partial charge in [-0.1, -0.05) is 24.3 Å². The molecule has 1 aliphatic carbocycles. The van der Waals surface area contributed by atoms with Crippen LogP contribution in [-0.4, -0.2) is 36.2 Å². The first-order chi connectivity index (χ1) is 11.1. The van der Waals surface area contributed by atoms with Crippen molar-refractivity contribution in [1.82, 2.24) is 4.31 Å². The van der Waals surface area contributed by atoms with Gasteiger partial charge in [-0.3, -0.25) is 0 Å². The molecule has 1 saturated heterocycles. The van der Waals surface area contributed by atoms with E-state index in [9.17, 15) is 18.0 Å². The van der Waals surface area contributed by atoms with Gasteiger partial charge in [0.2, 0.25) is 0 Å². The Balaban J connectivity index is 2.21. The number of ether oxygens (including phenoxy) is 1. The highest BCUT2D eigenvalue weighted by Gasteiger charge is 2.73. The zero-order chi connectivity index (χ0) is 17.9. The second-order valence-corrected chi connectivity index (χ2v) is 8.56. The normalized spacial score (nSPS) is 28.6. The number of hydrogen-bond donors (Lipinski definition) is 0. The predicted molar refractivity (Wildman–Crippen MR) is 86.8 cm³/mol. The van der Waals surface area contributed by atoms with Crippen LogP contribution in [0, 0.1) is 12.8 Å². The molecular formula is C17H19NO5S. The minimum absolute atomic E-state index is 0.0218. The minimum Gasteiger partial charge on any atom is -0.440 e. The van der Waals surface area contributed by atoms with Crippen molar-refractivity contribution in [3.05, 3.63) is 42.0 Å². The Hall–Kier alpha value is -2.15. The number of carbonyl (C=O) groups excluding carboxylic acids is 2. The monoisotopic (exact) mass is 349 g/mol. The van der Waals surface area contributed by atoms with Crippen molar-refractivity contribution in [1.29, 1.82) is 0 Å². The van der Waals surface area contributed by atoms with E-state index in [1.54, 1.807) is 26.0 Å². The van der Waals surface area contributed by atoms with Gasteiger partial charge in [0.1, 0.15) is 17.4 Å². The number of hydrogen-bond acceptors (Lipinski definition) is 5. The Labute approximate surface area is 141 Å². The molecule has 1 aromatic carbocycles. The van der Waals surface area contributed by atoms with Crippen molar-refractivity contribution in [3.8, 4) is 0 Å². The third-order valence-corrected chi connectivity index (χ3v) is 6.80. The van der Waals surface area contributed by atoms with Crippen LogP contribution in [0.15, 0.2) is 41.3 Å². The summed E-state index contributed by atoms with van der Waals surface area (Å²) in [5, 5.41) is 0. The lowest BCUT2D eigenvalue weighted by atomic mass is 9.57. The molecular weight excluding hydrogens is 330 g/mol. The number of nitrogens with zero attached hydrogens (tertiary/aromatic N) is 1. The topological polar surface area (TPSA) is 80.8 Å². The van der Waals surface area contributed by atoms with Crippen molar-refractivity contribution in [2.75, 3.05) is 0 Å². The molecule has 6 nitrogen and oxygen atoms in total. The van der Waals surface area contributed by atoms with E-state index < -0.39 is 33.2 Å². The number of aryl methyl sites for hydroxylation is 1. The molecule has 1 heterocycles. The van der Waals surface area contributed by atoms with Gasteiger partial charge in [0, 0.05) is 0 Å². The summed E-state index contributed by atoms with van der Waals surface area (Å²) in [6.07, 6.45) is 0.0350. The smallest absolute Gasteiger partial charge is 0.425 e. The molecule has 0 N–H and O–H groups in total. The number of rotatable bonds is 3. The second kappa shape index (κ2) is 4.92. The predicted octanol–water partition coefficient (Wildman–Crippen LogP) is 2.43. The molecule has 2 aliphatic rings. The quantitative estimate of drug-likeness (QED) is 0.618. The molecule has 1 aromatic rings. The third kappa shape index (κ3) is 1.84. The Morgan fingerprint density at radius 1 is 1.29 bits per heavy atom. The standard InChI is InChI=1S/C17H19NO5S/c1-11-5-7-14(8-6-11)24(21,22)18-15(20)23-16(3,4)17(18)12(2)9-13(17)10-19/h5-8,10,13H,2,9H2,1,3-4H3/t13-,17+/m1/s1. The van der Waals surface area contributed by atoms with Gasteiger partial charge in [0.05, 0.1) is 10.8 Å². The molecule has 3 rings (SSSR count). The van der Waals surface area contributed by atoms with Gasteiger partial charge in [-0.2, -0.15) is 4.31 Å². The second-order valence-electron chi connectivity index (χ2n) is 6.78. The molecule has 1 saturated carbocycles. The summed E-state index contributed by atoms with van der Waals surface area (Å²) in [6.45, 7) is 8.95. The lowest BCUT2D eigenvalue weighted by molar-refractivity contribution is -0.120. The van der Waals surface area contributed by atoms with Crippen LogP contribution >= 0.6 is 0 Å². The van der Waals surface area contributed by atoms with Gasteiger partial charge in [-0.05, 0) is 44.9 Å². The zero-order valence-electron chi connectivity index (χ0n) is 13.8. The van der Waals surface area contributed by atoms with Crippen LogP contribution in [0.4, 0.5) is 4.79 Å². The SMILES string of the molecule is C=C1C[C@H](C=O)[C@@]12N(S(=O)(=O)c1ccc(C)cc1)C(=O)OC2(C)C. The fourth-order valence-corrected chi connectivity index (χ4v) is 5.63. The van der Waals surface area contributed by atoms with Crippen molar-refractivity contribution < 1.29 is 22.7 Å². The maximum absolute atomic E-state index is 13.1. The molecule has 0 bridgehead atoms. The van der Waals surface area contributed by atoms with Gasteiger partial charge in [0.15, 0.2) is 0 Å². The van der Waals surface area contributed by atoms with E-state index in [4.69, 9.17) is 4.74 Å². The molecule has 1 spiro atoms. The highest BCUT2D eigenvalue weighted by molar-refractivity contribution is 7.89. The maximum atomic E-state index is 13.1. The fraction of sp³-hybridized carbons (Fsp3) is 0.412. The number of sulfonamides is 1. The number of cyclic esters (lactones) is 1. The molecule has 24 heavy (non-hydrogen) atoms. The lowest BCUT2D eigenvalue weighted by Gasteiger charge is -2.54. The van der Waals surface area contributed by atoms with Crippen molar-refractivity contribution in [3.63, 3.8) is 0 Å². The molecule has 1 aliphatic heterocycles. The van der Waals surface area contributed by atoms with Gasteiger partial charge in [0.25, 0.3) is 10.0 Å². The van der Waals surface area contributed by atoms with Gasteiger partial charge in [-0.15, -0.1) is 0 Å². The van der Waals surface area contributed by atoms with E-state index in [2.05, 4.69) is 6.58 Å². The van der Waals surface area contributed by atoms with Crippen molar-refractivity contribution >= 4 is 22.4 Å². The van der Waals surface area contributed by atoms with Crippen LogP contribution < -0.4 is 0 Å². The molecule has 0 unspecified atom stereocenters. The van der Waals surface area contributed by atoms with E-state index in [1.165, 1.54) is 12.1 Å². The van der Waals surface area contributed by atoms with Crippen LogP contribution in [0.5, 0.6) is 0 Å². The Kier molecular flexibility index (Phi) is 3.43. The van der Waals surface area contributed by atoms with E-state index >= 15 is 0 Å². The largest absolute Gasteiger partial charge is 0.440 e. The summed E-state index contributed by atoms with van der Waals surface area (Å²) >= 11 is 0. The molecule has 128 valence electrons. The molecule has 2 fully saturated rings. The summed E-state index contributed by atoms with van der Waals surface area (Å²) in [7, 11) is -4.18. The average Bonchev–Trinajstić information content (AvgIpc) is 2.73. The Morgan fingerprint density at radius 2 is 1.88 bits per heavy atom. The van der Waals surface area contributed by atoms with E-state index in [0.29, 0.717) is 18.3 Å². The van der Waals surface area contributed by atoms with Gasteiger partial charge in [-0.25, -0.2) is 13.2 Å². The van der Waals surface area contributed by atoms with E-state index in [-0.39, 0.29) is 4.90 Å². The lowest BCUT2D eigenvalue weighted by Crippen LogP contribution is -2.69. The molecule has 0 radical (unpaired) electrons. The van der Waals surface area contributed by atoms with Crippen molar-refractivity contribution in [2.45, 2.75) is 43.2 Å². The summed E-state index contributed by atoms with van der Waals surface area (Å²) in [5.74, 6) is -0.674. The van der Waals surface area contributed by atoms with Crippen molar-refractivity contribution in [2.24, 2.45) is 5.92 Å². The first kappa shape index (κ1) is 16.7. The molecule has 1 amide bonds. The zero-order valence-corrected chi connectivity index (χ0v) is 14.6. The third-order valence-electron chi connectivity index (χ3n) is 5.01. The maximum Gasteiger partial charge on any atom is 0.425 e. The average molecular weight is 349 g/mol. The molecule has 0 aromatic heterocycles. The highest BCUT2D eigenvalue weighted by atomic mass is 32.2. The van der Waals surface area contributed by atoms with Crippen LogP contribution in [0.3, 0.4) is 0 Å².